The highest BCUT2D eigenvalue weighted by atomic mass is 16.5. The van der Waals surface area contributed by atoms with Gasteiger partial charge in [-0.05, 0) is 31.0 Å². The van der Waals surface area contributed by atoms with Gasteiger partial charge in [-0.25, -0.2) is 0 Å². The fraction of sp³-hybridized carbons (Fsp3) is 0.471. The summed E-state index contributed by atoms with van der Waals surface area (Å²) in [6, 6.07) is 8.39. The normalized spacial score (nSPS) is 15.0. The number of nitrogens with one attached hydrogen (secondary N) is 1. The van der Waals surface area contributed by atoms with Crippen molar-refractivity contribution >= 4 is 5.69 Å². The lowest BCUT2D eigenvalue weighted by Crippen LogP contribution is -2.07. The summed E-state index contributed by atoms with van der Waals surface area (Å²) in [5.41, 5.74) is 1.95. The monoisotopic (exact) mass is 301 g/mol. The Morgan fingerprint density at radius 1 is 1.18 bits per heavy atom. The van der Waals surface area contributed by atoms with Crippen LogP contribution < -0.4 is 14.8 Å². The molecule has 0 amide bonds. The topological polar surface area (TPSA) is 48.3 Å². The first kappa shape index (κ1) is 14.8. The van der Waals surface area contributed by atoms with E-state index in [9.17, 15) is 0 Å². The Kier molecular flexibility index (Phi) is 4.51. The predicted octanol–water partition coefficient (Wildman–Crippen LogP) is 3.63. The molecule has 2 aromatic rings. The Bertz CT molecular complexity index is 618. The summed E-state index contributed by atoms with van der Waals surface area (Å²) in [6.45, 7) is 0.670. The lowest BCUT2D eigenvalue weighted by Gasteiger charge is -2.12. The molecule has 0 aliphatic heterocycles. The second-order valence-electron chi connectivity index (χ2n) is 5.65. The maximum Gasteiger partial charge on any atom is 0.142 e. The second-order valence-corrected chi connectivity index (χ2v) is 5.65. The van der Waals surface area contributed by atoms with Gasteiger partial charge >= 0.3 is 0 Å². The third-order valence-corrected chi connectivity index (χ3v) is 4.23. The van der Waals surface area contributed by atoms with Gasteiger partial charge in [-0.15, -0.1) is 0 Å². The van der Waals surface area contributed by atoms with E-state index in [-0.39, 0.29) is 0 Å². The number of hydrogen-bond acceptors (Lipinski definition) is 4. The summed E-state index contributed by atoms with van der Waals surface area (Å²) in [6.07, 6.45) is 7.23. The number of ether oxygens (including phenoxy) is 2. The first-order valence-electron chi connectivity index (χ1n) is 7.80. The van der Waals surface area contributed by atoms with Crippen LogP contribution in [0.1, 0.15) is 37.4 Å². The fourth-order valence-electron chi connectivity index (χ4n) is 2.98. The molecular formula is C17H23N3O2. The van der Waals surface area contributed by atoms with E-state index in [1.807, 2.05) is 18.2 Å². The van der Waals surface area contributed by atoms with Gasteiger partial charge in [-0.1, -0.05) is 12.8 Å². The molecule has 1 fully saturated rings. The first-order valence-corrected chi connectivity index (χ1v) is 7.80. The van der Waals surface area contributed by atoms with Gasteiger partial charge in [0.1, 0.15) is 11.5 Å². The van der Waals surface area contributed by atoms with Crippen LogP contribution in [0.25, 0.3) is 0 Å². The molecule has 0 spiro atoms. The summed E-state index contributed by atoms with van der Waals surface area (Å²) in [7, 11) is 3.33. The van der Waals surface area contributed by atoms with Gasteiger partial charge in [0.05, 0.1) is 38.2 Å². The highest BCUT2D eigenvalue weighted by Crippen LogP contribution is 2.30. The highest BCUT2D eigenvalue weighted by molar-refractivity contribution is 5.59. The highest BCUT2D eigenvalue weighted by Gasteiger charge is 2.17. The quantitative estimate of drug-likeness (QED) is 0.885. The average Bonchev–Trinajstić information content (AvgIpc) is 3.23. The van der Waals surface area contributed by atoms with Crippen LogP contribution >= 0.6 is 0 Å². The molecule has 3 rings (SSSR count). The van der Waals surface area contributed by atoms with Crippen molar-refractivity contribution in [3.8, 4) is 11.5 Å². The molecule has 118 valence electrons. The van der Waals surface area contributed by atoms with E-state index in [0.717, 1.165) is 22.9 Å². The van der Waals surface area contributed by atoms with Crippen LogP contribution in [0.5, 0.6) is 11.5 Å². The van der Waals surface area contributed by atoms with Crippen LogP contribution in [0.4, 0.5) is 5.69 Å². The second kappa shape index (κ2) is 6.73. The SMILES string of the molecule is COc1ccc(OC)c(NCc2ccn(C3CCCC3)n2)c1. The van der Waals surface area contributed by atoms with Crippen molar-refractivity contribution in [3.63, 3.8) is 0 Å². The van der Waals surface area contributed by atoms with Crippen LogP contribution in [0.15, 0.2) is 30.5 Å². The molecule has 1 aromatic carbocycles. The van der Waals surface area contributed by atoms with Crippen LogP contribution in [-0.2, 0) is 6.54 Å². The Morgan fingerprint density at radius 2 is 2.00 bits per heavy atom. The predicted molar refractivity (Wildman–Crippen MR) is 86.6 cm³/mol. The standard InChI is InChI=1S/C17H23N3O2/c1-21-15-7-8-17(22-2)16(11-15)18-12-13-9-10-20(19-13)14-5-3-4-6-14/h7-11,14,18H,3-6,12H2,1-2H3. The maximum atomic E-state index is 5.38. The minimum absolute atomic E-state index is 0.583. The zero-order valence-electron chi connectivity index (χ0n) is 13.2. The Morgan fingerprint density at radius 3 is 2.73 bits per heavy atom. The van der Waals surface area contributed by atoms with Crippen LogP contribution in [0.3, 0.4) is 0 Å². The van der Waals surface area contributed by atoms with E-state index in [4.69, 9.17) is 9.47 Å². The van der Waals surface area contributed by atoms with Crippen molar-refractivity contribution in [1.82, 2.24) is 9.78 Å². The molecule has 0 saturated heterocycles. The van der Waals surface area contributed by atoms with Gasteiger partial charge in [0, 0.05) is 12.3 Å². The van der Waals surface area contributed by atoms with Crippen LogP contribution in [0.2, 0.25) is 0 Å². The van der Waals surface area contributed by atoms with Gasteiger partial charge in [-0.2, -0.15) is 5.10 Å². The molecule has 1 aliphatic rings. The molecule has 1 saturated carbocycles. The fourth-order valence-corrected chi connectivity index (χ4v) is 2.98. The van der Waals surface area contributed by atoms with Gasteiger partial charge in [0.25, 0.3) is 0 Å². The molecule has 1 aliphatic carbocycles. The summed E-state index contributed by atoms with van der Waals surface area (Å²) in [5.74, 6) is 1.61. The van der Waals surface area contributed by atoms with Gasteiger partial charge in [-0.3, -0.25) is 4.68 Å². The van der Waals surface area contributed by atoms with Crippen molar-refractivity contribution in [2.45, 2.75) is 38.3 Å². The summed E-state index contributed by atoms with van der Waals surface area (Å²) in [5, 5.41) is 8.07. The van der Waals surface area contributed by atoms with Crippen LogP contribution in [0, 0.1) is 0 Å². The third-order valence-electron chi connectivity index (χ3n) is 4.23. The van der Waals surface area contributed by atoms with E-state index < -0.39 is 0 Å². The largest absolute Gasteiger partial charge is 0.497 e. The van der Waals surface area contributed by atoms with E-state index >= 15 is 0 Å². The molecule has 0 bridgehead atoms. The molecule has 1 aromatic heterocycles. The van der Waals surface area contributed by atoms with E-state index in [0.29, 0.717) is 12.6 Å². The van der Waals surface area contributed by atoms with Crippen molar-refractivity contribution in [1.29, 1.82) is 0 Å². The van der Waals surface area contributed by atoms with E-state index in [2.05, 4.69) is 27.4 Å². The molecule has 22 heavy (non-hydrogen) atoms. The Balaban J connectivity index is 1.67. The summed E-state index contributed by atoms with van der Waals surface area (Å²) >= 11 is 0. The number of nitrogens with zero attached hydrogens (tertiary/aromatic N) is 2. The number of rotatable bonds is 6. The van der Waals surface area contributed by atoms with Crippen molar-refractivity contribution < 1.29 is 9.47 Å². The van der Waals surface area contributed by atoms with E-state index in [1.54, 1.807) is 14.2 Å². The lowest BCUT2D eigenvalue weighted by molar-refractivity contribution is 0.404. The summed E-state index contributed by atoms with van der Waals surface area (Å²) < 4.78 is 12.8. The lowest BCUT2D eigenvalue weighted by atomic mass is 10.2. The maximum absolute atomic E-state index is 5.38. The molecular weight excluding hydrogens is 278 g/mol. The van der Waals surface area contributed by atoms with Crippen molar-refractivity contribution in [2.24, 2.45) is 0 Å². The molecule has 1 N–H and O–H groups in total. The van der Waals surface area contributed by atoms with E-state index in [1.165, 1.54) is 25.7 Å². The Labute approximate surface area is 131 Å². The molecule has 5 nitrogen and oxygen atoms in total. The Hall–Kier alpha value is -2.17. The molecule has 0 unspecified atom stereocenters. The minimum Gasteiger partial charge on any atom is -0.497 e. The van der Waals surface area contributed by atoms with Gasteiger partial charge in [0.15, 0.2) is 0 Å². The number of anilines is 1. The number of methoxy groups -OCH3 is 2. The number of benzene rings is 1. The zero-order chi connectivity index (χ0) is 15.4. The first-order chi connectivity index (χ1) is 10.8. The van der Waals surface area contributed by atoms with Crippen LogP contribution in [-0.4, -0.2) is 24.0 Å². The third kappa shape index (κ3) is 3.18. The minimum atomic E-state index is 0.583. The van der Waals surface area contributed by atoms with Crippen molar-refractivity contribution in [2.75, 3.05) is 19.5 Å². The van der Waals surface area contributed by atoms with Gasteiger partial charge in [0.2, 0.25) is 0 Å². The molecule has 0 atom stereocenters. The molecule has 0 radical (unpaired) electrons. The zero-order valence-corrected chi connectivity index (χ0v) is 13.2. The average molecular weight is 301 g/mol. The van der Waals surface area contributed by atoms with Gasteiger partial charge < -0.3 is 14.8 Å². The summed E-state index contributed by atoms with van der Waals surface area (Å²) in [4.78, 5) is 0. The number of aromatic nitrogens is 2. The smallest absolute Gasteiger partial charge is 0.142 e. The molecule has 1 heterocycles. The molecule has 5 heteroatoms. The number of hydrogen-bond donors (Lipinski definition) is 1. The van der Waals surface area contributed by atoms with Crippen molar-refractivity contribution in [3.05, 3.63) is 36.2 Å².